The summed E-state index contributed by atoms with van der Waals surface area (Å²) in [6, 6.07) is 14.6. The standard InChI is InChI=1S/C17H19N3O2/c1-12-9-10-16(22-3)15(11-12)13(2)19-20-17(21)18-14-7-5-4-6-8-14/h4-11H,1-3H3,(H2,18,20,21)/b19-13-. The van der Waals surface area contributed by atoms with Crippen LogP contribution < -0.4 is 15.5 Å². The number of hydrogen-bond donors (Lipinski definition) is 2. The van der Waals surface area contributed by atoms with Crippen LogP contribution in [0.3, 0.4) is 0 Å². The Hall–Kier alpha value is -2.82. The summed E-state index contributed by atoms with van der Waals surface area (Å²) in [5, 5.41) is 6.82. The van der Waals surface area contributed by atoms with E-state index in [-0.39, 0.29) is 0 Å². The second kappa shape index (κ2) is 7.26. The first-order chi connectivity index (χ1) is 10.6. The average Bonchev–Trinajstić information content (AvgIpc) is 2.53. The molecule has 2 rings (SSSR count). The molecule has 0 fully saturated rings. The minimum Gasteiger partial charge on any atom is -0.496 e. The summed E-state index contributed by atoms with van der Waals surface area (Å²) < 4.78 is 5.31. The molecule has 0 heterocycles. The number of aryl methyl sites for hydroxylation is 1. The molecule has 0 radical (unpaired) electrons. The topological polar surface area (TPSA) is 62.7 Å². The van der Waals surface area contributed by atoms with Crippen LogP contribution in [0.2, 0.25) is 0 Å². The van der Waals surface area contributed by atoms with Crippen LogP contribution in [0.1, 0.15) is 18.1 Å². The third-order valence-corrected chi connectivity index (χ3v) is 3.10. The van der Waals surface area contributed by atoms with Crippen molar-refractivity contribution in [2.75, 3.05) is 12.4 Å². The summed E-state index contributed by atoms with van der Waals surface area (Å²) in [6.45, 7) is 3.81. The fraction of sp³-hybridized carbons (Fsp3) is 0.176. The van der Waals surface area contributed by atoms with E-state index < -0.39 is 6.03 Å². The number of nitrogens with one attached hydrogen (secondary N) is 2. The van der Waals surface area contributed by atoms with E-state index in [4.69, 9.17) is 4.74 Å². The Bertz CT molecular complexity index is 682. The minimum atomic E-state index is -0.392. The summed E-state index contributed by atoms with van der Waals surface area (Å²) in [6.07, 6.45) is 0. The maximum atomic E-state index is 11.8. The number of anilines is 1. The summed E-state index contributed by atoms with van der Waals surface area (Å²) in [5.41, 5.74) is 5.81. The number of ether oxygens (including phenoxy) is 1. The van der Waals surface area contributed by atoms with Gasteiger partial charge in [0.25, 0.3) is 0 Å². The molecular formula is C17H19N3O2. The van der Waals surface area contributed by atoms with E-state index in [0.717, 1.165) is 16.9 Å². The molecule has 2 aromatic rings. The van der Waals surface area contributed by atoms with Gasteiger partial charge in [-0.25, -0.2) is 10.2 Å². The lowest BCUT2D eigenvalue weighted by Gasteiger charge is -2.09. The predicted molar refractivity (Wildman–Crippen MR) is 88.5 cm³/mol. The van der Waals surface area contributed by atoms with E-state index in [0.29, 0.717) is 11.4 Å². The molecule has 0 saturated carbocycles. The van der Waals surface area contributed by atoms with Crippen LogP contribution in [0.15, 0.2) is 53.6 Å². The van der Waals surface area contributed by atoms with Crippen molar-refractivity contribution >= 4 is 17.4 Å². The molecule has 0 saturated heterocycles. The van der Waals surface area contributed by atoms with Gasteiger partial charge in [0, 0.05) is 11.3 Å². The maximum absolute atomic E-state index is 11.8. The van der Waals surface area contributed by atoms with Crippen molar-refractivity contribution in [3.8, 4) is 5.75 Å². The predicted octanol–water partition coefficient (Wildman–Crippen LogP) is 3.55. The van der Waals surface area contributed by atoms with Gasteiger partial charge in [-0.05, 0) is 38.1 Å². The van der Waals surface area contributed by atoms with Crippen LogP contribution in [-0.2, 0) is 0 Å². The van der Waals surface area contributed by atoms with Gasteiger partial charge in [-0.2, -0.15) is 5.10 Å². The van der Waals surface area contributed by atoms with E-state index in [9.17, 15) is 4.79 Å². The fourth-order valence-corrected chi connectivity index (χ4v) is 1.98. The van der Waals surface area contributed by atoms with Crippen LogP contribution >= 0.6 is 0 Å². The molecule has 0 aromatic heterocycles. The van der Waals surface area contributed by atoms with Crippen molar-refractivity contribution in [2.24, 2.45) is 5.10 Å². The van der Waals surface area contributed by atoms with Crippen LogP contribution in [0.4, 0.5) is 10.5 Å². The fourth-order valence-electron chi connectivity index (χ4n) is 1.98. The van der Waals surface area contributed by atoms with Gasteiger partial charge < -0.3 is 10.1 Å². The van der Waals surface area contributed by atoms with Crippen molar-refractivity contribution in [1.29, 1.82) is 0 Å². The summed E-state index contributed by atoms with van der Waals surface area (Å²) in [7, 11) is 1.61. The van der Waals surface area contributed by atoms with E-state index >= 15 is 0 Å². The highest BCUT2D eigenvalue weighted by Gasteiger charge is 2.07. The van der Waals surface area contributed by atoms with Crippen molar-refractivity contribution in [2.45, 2.75) is 13.8 Å². The van der Waals surface area contributed by atoms with Crippen LogP contribution in [0.5, 0.6) is 5.75 Å². The number of nitrogens with zero attached hydrogens (tertiary/aromatic N) is 1. The molecule has 2 aromatic carbocycles. The molecule has 0 atom stereocenters. The molecule has 0 aliphatic carbocycles. The van der Waals surface area contributed by atoms with Gasteiger partial charge in [-0.15, -0.1) is 0 Å². The van der Waals surface area contributed by atoms with Gasteiger partial charge in [0.15, 0.2) is 0 Å². The van der Waals surface area contributed by atoms with Crippen molar-refractivity contribution in [3.05, 3.63) is 59.7 Å². The van der Waals surface area contributed by atoms with Crippen molar-refractivity contribution in [1.82, 2.24) is 5.43 Å². The van der Waals surface area contributed by atoms with Gasteiger partial charge in [0.05, 0.1) is 12.8 Å². The zero-order valence-electron chi connectivity index (χ0n) is 12.9. The maximum Gasteiger partial charge on any atom is 0.339 e. The number of amides is 2. The van der Waals surface area contributed by atoms with Gasteiger partial charge >= 0.3 is 6.03 Å². The van der Waals surface area contributed by atoms with Gasteiger partial charge in [0.2, 0.25) is 0 Å². The molecule has 0 bridgehead atoms. The zero-order valence-corrected chi connectivity index (χ0v) is 12.9. The highest BCUT2D eigenvalue weighted by atomic mass is 16.5. The first-order valence-corrected chi connectivity index (χ1v) is 6.91. The summed E-state index contributed by atoms with van der Waals surface area (Å²) in [4.78, 5) is 11.8. The van der Waals surface area contributed by atoms with Gasteiger partial charge in [-0.1, -0.05) is 29.8 Å². The normalized spacial score (nSPS) is 11.0. The first kappa shape index (κ1) is 15.6. The molecule has 0 aliphatic heterocycles. The Morgan fingerprint density at radius 2 is 1.86 bits per heavy atom. The number of hydrogen-bond acceptors (Lipinski definition) is 3. The number of benzene rings is 2. The first-order valence-electron chi connectivity index (χ1n) is 6.91. The summed E-state index contributed by atoms with van der Waals surface area (Å²) >= 11 is 0. The van der Waals surface area contributed by atoms with Gasteiger partial charge in [-0.3, -0.25) is 0 Å². The number of methoxy groups -OCH3 is 1. The van der Waals surface area contributed by atoms with Crippen molar-refractivity contribution < 1.29 is 9.53 Å². The minimum absolute atomic E-state index is 0.392. The monoisotopic (exact) mass is 297 g/mol. The lowest BCUT2D eigenvalue weighted by molar-refractivity contribution is 0.252. The SMILES string of the molecule is COc1ccc(C)cc1/C(C)=N\NC(=O)Nc1ccccc1. The number of carbonyl (C=O) groups is 1. The number of carbonyl (C=O) groups excluding carboxylic acids is 1. The zero-order chi connectivity index (χ0) is 15.9. The molecular weight excluding hydrogens is 278 g/mol. The van der Waals surface area contributed by atoms with Crippen LogP contribution in [-0.4, -0.2) is 18.9 Å². The quantitative estimate of drug-likeness (QED) is 0.669. The molecule has 5 heteroatoms. The van der Waals surface area contributed by atoms with Crippen LogP contribution in [0.25, 0.3) is 0 Å². The average molecular weight is 297 g/mol. The smallest absolute Gasteiger partial charge is 0.339 e. The highest BCUT2D eigenvalue weighted by Crippen LogP contribution is 2.20. The second-order valence-electron chi connectivity index (χ2n) is 4.83. The Morgan fingerprint density at radius 1 is 1.14 bits per heavy atom. The van der Waals surface area contributed by atoms with Crippen molar-refractivity contribution in [3.63, 3.8) is 0 Å². The number of hydrazone groups is 1. The molecule has 0 aliphatic rings. The lowest BCUT2D eigenvalue weighted by Crippen LogP contribution is -2.25. The van der Waals surface area contributed by atoms with Gasteiger partial charge in [0.1, 0.15) is 5.75 Å². The Labute approximate surface area is 130 Å². The second-order valence-corrected chi connectivity index (χ2v) is 4.83. The van der Waals surface area contributed by atoms with E-state index in [1.807, 2.05) is 50.2 Å². The van der Waals surface area contributed by atoms with E-state index in [1.54, 1.807) is 19.2 Å². The number of urea groups is 1. The van der Waals surface area contributed by atoms with Crippen LogP contribution in [0, 0.1) is 6.92 Å². The molecule has 0 unspecified atom stereocenters. The molecule has 2 amide bonds. The summed E-state index contributed by atoms with van der Waals surface area (Å²) in [5.74, 6) is 0.720. The Morgan fingerprint density at radius 3 is 2.55 bits per heavy atom. The third-order valence-electron chi connectivity index (χ3n) is 3.10. The molecule has 0 spiro atoms. The lowest BCUT2D eigenvalue weighted by atomic mass is 10.1. The van der Waals surface area contributed by atoms with E-state index in [2.05, 4.69) is 15.8 Å². The molecule has 22 heavy (non-hydrogen) atoms. The van der Waals surface area contributed by atoms with E-state index in [1.165, 1.54) is 0 Å². The highest BCUT2D eigenvalue weighted by molar-refractivity contribution is 6.02. The number of rotatable bonds is 4. The largest absolute Gasteiger partial charge is 0.496 e. The molecule has 2 N–H and O–H groups in total. The molecule has 5 nitrogen and oxygen atoms in total. The third kappa shape index (κ3) is 4.09. The Balaban J connectivity index is 2.06. The number of para-hydroxylation sites is 1. The molecule has 114 valence electrons. The Kier molecular flexibility index (Phi) is 5.14.